The van der Waals surface area contributed by atoms with Crippen molar-refractivity contribution >= 4 is 18.2 Å². The van der Waals surface area contributed by atoms with Crippen LogP contribution in [0.2, 0.25) is 0 Å². The van der Waals surface area contributed by atoms with Gasteiger partial charge in [-0.05, 0) is 89.4 Å². The smallest absolute Gasteiger partial charge is 0.0425 e. The summed E-state index contributed by atoms with van der Waals surface area (Å²) in [6.45, 7) is 29.6. The molecule has 0 N–H and O–H groups in total. The molecule has 1 aliphatic rings. The van der Waals surface area contributed by atoms with Gasteiger partial charge < -0.3 is 0 Å². The Morgan fingerprint density at radius 1 is 0.643 bits per heavy atom. The SMILES string of the molecule is C=C(C(=C)c1ccccc1)c1ccccc1.CC(C)(C)CCP(CCC(C)(C)C)(CCC(C)(C)C)=NC1=CC=CC1.[Ti]. The van der Waals surface area contributed by atoms with Gasteiger partial charge in [-0.1, -0.05) is 148 Å². The van der Waals surface area contributed by atoms with Gasteiger partial charge in [0.05, 0.1) is 0 Å². The third kappa shape index (κ3) is 15.2. The summed E-state index contributed by atoms with van der Waals surface area (Å²) in [5, 5.41) is 0. The molecule has 0 aliphatic heterocycles. The monoisotopic (exact) mass is 619 g/mol. The molecule has 0 aromatic heterocycles. The van der Waals surface area contributed by atoms with E-state index in [1.165, 1.54) is 43.4 Å². The molecule has 1 nitrogen and oxygen atoms in total. The number of hydrogen-bond donors (Lipinski definition) is 0. The van der Waals surface area contributed by atoms with E-state index in [2.05, 4.69) is 118 Å². The molecule has 0 unspecified atom stereocenters. The summed E-state index contributed by atoms with van der Waals surface area (Å²) >= 11 is 0. The van der Waals surface area contributed by atoms with Crippen LogP contribution in [-0.4, -0.2) is 18.5 Å². The van der Waals surface area contributed by atoms with Gasteiger partial charge in [0.25, 0.3) is 0 Å². The summed E-state index contributed by atoms with van der Waals surface area (Å²) in [7, 11) is -1.32. The Labute approximate surface area is 275 Å². The van der Waals surface area contributed by atoms with E-state index >= 15 is 0 Å². The number of hydrogen-bond acceptors (Lipinski definition) is 1. The zero-order chi connectivity index (χ0) is 30.7. The molecule has 0 radical (unpaired) electrons. The molecule has 2 aromatic rings. The zero-order valence-corrected chi connectivity index (χ0v) is 30.7. The average molecular weight is 620 g/mol. The molecular formula is C39H58NPTi. The third-order valence-electron chi connectivity index (χ3n) is 7.54. The van der Waals surface area contributed by atoms with E-state index in [9.17, 15) is 0 Å². The fourth-order valence-corrected chi connectivity index (χ4v) is 9.45. The maximum atomic E-state index is 5.53. The Morgan fingerprint density at radius 2 is 1.00 bits per heavy atom. The molecule has 0 saturated carbocycles. The van der Waals surface area contributed by atoms with Crippen LogP contribution in [-0.2, 0) is 21.7 Å². The third-order valence-corrected chi connectivity index (χ3v) is 11.4. The largest absolute Gasteiger partial charge is 0.272 e. The molecule has 0 heterocycles. The van der Waals surface area contributed by atoms with Gasteiger partial charge in [-0.15, -0.1) is 0 Å². The number of benzene rings is 2. The van der Waals surface area contributed by atoms with Crippen molar-refractivity contribution < 1.29 is 21.7 Å². The summed E-state index contributed by atoms with van der Waals surface area (Å²) in [6.07, 6.45) is 15.6. The zero-order valence-electron chi connectivity index (χ0n) is 28.3. The van der Waals surface area contributed by atoms with E-state index in [1.807, 2.05) is 36.4 Å². The van der Waals surface area contributed by atoms with Crippen LogP contribution in [0.4, 0.5) is 0 Å². The summed E-state index contributed by atoms with van der Waals surface area (Å²) in [5.74, 6) is 0. The van der Waals surface area contributed by atoms with Crippen LogP contribution in [0.25, 0.3) is 11.1 Å². The first-order chi connectivity index (χ1) is 19.0. The van der Waals surface area contributed by atoms with Gasteiger partial charge in [-0.3, -0.25) is 4.74 Å². The molecule has 3 rings (SSSR count). The first-order valence-corrected chi connectivity index (χ1v) is 17.7. The van der Waals surface area contributed by atoms with Gasteiger partial charge in [0.1, 0.15) is 0 Å². The second-order valence-electron chi connectivity index (χ2n) is 15.3. The Bertz CT molecular complexity index is 1130. The summed E-state index contributed by atoms with van der Waals surface area (Å²) < 4.78 is 5.53. The maximum absolute atomic E-state index is 5.53. The second-order valence-corrected chi connectivity index (χ2v) is 19.0. The van der Waals surface area contributed by atoms with Gasteiger partial charge >= 0.3 is 0 Å². The minimum Gasteiger partial charge on any atom is -0.272 e. The summed E-state index contributed by atoms with van der Waals surface area (Å²) in [5.41, 5.74) is 6.72. The van der Waals surface area contributed by atoms with E-state index in [0.717, 1.165) is 28.7 Å². The van der Waals surface area contributed by atoms with Crippen molar-refractivity contribution in [2.75, 3.05) is 18.5 Å². The molecular weight excluding hydrogens is 561 g/mol. The van der Waals surface area contributed by atoms with Crippen molar-refractivity contribution in [3.63, 3.8) is 0 Å². The van der Waals surface area contributed by atoms with Gasteiger partial charge in [-0.25, -0.2) is 0 Å². The quantitative estimate of drug-likeness (QED) is 0.143. The number of rotatable bonds is 10. The molecule has 2 aromatic carbocycles. The minimum absolute atomic E-state index is 0. The van der Waals surface area contributed by atoms with E-state index in [4.69, 9.17) is 4.74 Å². The fraction of sp³-hybridized carbons (Fsp3) is 0.487. The van der Waals surface area contributed by atoms with Gasteiger partial charge in [0.15, 0.2) is 0 Å². The topological polar surface area (TPSA) is 12.4 Å². The Kier molecular flexibility index (Phi) is 15.5. The standard InChI is InChI=1S/C23H44NP.C16H14.Ti/c1-21(2,3)14-17-25(18-15-22(4,5)6,19-16-23(7,8)9)24-20-12-10-11-13-20;1-13(15-9-5-3-6-10-15)14(2)16-11-7-4-8-12-16;/h10-12H,13-19H2,1-9H3;3-12H,1-2H2;. The molecule has 0 bridgehead atoms. The van der Waals surface area contributed by atoms with Gasteiger partial charge in [0.2, 0.25) is 0 Å². The van der Waals surface area contributed by atoms with Crippen molar-refractivity contribution in [2.24, 2.45) is 21.0 Å². The molecule has 42 heavy (non-hydrogen) atoms. The fourth-order valence-electron chi connectivity index (χ4n) is 4.53. The molecule has 0 spiro atoms. The normalized spacial score (nSPS) is 13.4. The molecule has 0 saturated heterocycles. The van der Waals surface area contributed by atoms with Crippen molar-refractivity contribution in [1.29, 1.82) is 0 Å². The van der Waals surface area contributed by atoms with Crippen LogP contribution in [0.5, 0.6) is 0 Å². The molecule has 3 heteroatoms. The average Bonchev–Trinajstić information content (AvgIpc) is 3.41. The van der Waals surface area contributed by atoms with Crippen LogP contribution in [0.15, 0.2) is 102 Å². The van der Waals surface area contributed by atoms with Crippen LogP contribution < -0.4 is 0 Å². The molecule has 228 valence electrons. The van der Waals surface area contributed by atoms with Crippen molar-refractivity contribution in [1.82, 2.24) is 0 Å². The Hall–Kier alpha value is -1.66. The minimum atomic E-state index is -1.32. The Balaban J connectivity index is 0.000000446. The van der Waals surface area contributed by atoms with Crippen LogP contribution in [0.1, 0.15) is 99.1 Å². The molecule has 0 amide bonds. The maximum Gasteiger partial charge on any atom is 0.0425 e. The van der Waals surface area contributed by atoms with E-state index in [-0.39, 0.29) is 21.7 Å². The first-order valence-electron chi connectivity index (χ1n) is 15.4. The number of allylic oxidation sites excluding steroid dienone is 5. The summed E-state index contributed by atoms with van der Waals surface area (Å²) in [6, 6.07) is 20.3. The predicted octanol–water partition coefficient (Wildman–Crippen LogP) is 12.8. The van der Waals surface area contributed by atoms with E-state index in [1.54, 1.807) is 0 Å². The van der Waals surface area contributed by atoms with E-state index < -0.39 is 7.05 Å². The van der Waals surface area contributed by atoms with E-state index in [0.29, 0.717) is 16.2 Å². The van der Waals surface area contributed by atoms with Crippen LogP contribution in [0, 0.1) is 16.2 Å². The molecule has 0 atom stereocenters. The first kappa shape index (κ1) is 38.4. The van der Waals surface area contributed by atoms with Crippen molar-refractivity contribution in [2.45, 2.75) is 88.0 Å². The van der Waals surface area contributed by atoms with Crippen LogP contribution >= 0.6 is 7.05 Å². The Morgan fingerprint density at radius 3 is 1.29 bits per heavy atom. The number of nitrogens with zero attached hydrogens (tertiary/aromatic N) is 1. The predicted molar refractivity (Wildman–Crippen MR) is 189 cm³/mol. The van der Waals surface area contributed by atoms with Crippen LogP contribution in [0.3, 0.4) is 0 Å². The van der Waals surface area contributed by atoms with Gasteiger partial charge in [0, 0.05) is 33.8 Å². The summed E-state index contributed by atoms with van der Waals surface area (Å²) in [4.78, 5) is 0. The van der Waals surface area contributed by atoms with Crippen molar-refractivity contribution in [3.05, 3.63) is 109 Å². The van der Waals surface area contributed by atoms with Gasteiger partial charge in [-0.2, -0.15) is 0 Å². The molecule has 0 fully saturated rings. The van der Waals surface area contributed by atoms with Crippen molar-refractivity contribution in [3.8, 4) is 0 Å². The second kappa shape index (κ2) is 17.0. The molecule has 1 aliphatic carbocycles.